The zero-order valence-corrected chi connectivity index (χ0v) is 10.5. The second-order valence-corrected chi connectivity index (χ2v) is 5.13. The minimum atomic E-state index is 0.196. The second kappa shape index (κ2) is 6.97. The molecule has 17 heavy (non-hydrogen) atoms. The number of nitrogens with one attached hydrogen (secondary N) is 2. The predicted molar refractivity (Wildman–Crippen MR) is 66.8 cm³/mol. The van der Waals surface area contributed by atoms with Crippen LogP contribution in [0.4, 0.5) is 0 Å². The summed E-state index contributed by atoms with van der Waals surface area (Å²) in [6.45, 7) is 3.21. The van der Waals surface area contributed by atoms with Crippen LogP contribution >= 0.6 is 0 Å². The average Bonchev–Trinajstić information content (AvgIpc) is 2.27. The fraction of sp³-hybridized carbons (Fsp3) is 0.923. The number of rotatable bonds is 6. The van der Waals surface area contributed by atoms with E-state index in [1.54, 1.807) is 0 Å². The van der Waals surface area contributed by atoms with Gasteiger partial charge >= 0.3 is 0 Å². The van der Waals surface area contributed by atoms with E-state index in [9.17, 15) is 4.79 Å². The van der Waals surface area contributed by atoms with Gasteiger partial charge in [0.1, 0.15) is 0 Å². The van der Waals surface area contributed by atoms with Crippen LogP contribution < -0.4 is 10.6 Å². The molecule has 1 saturated carbocycles. The molecular formula is C13H24N2O2. The van der Waals surface area contributed by atoms with Crippen LogP contribution in [-0.2, 0) is 9.53 Å². The van der Waals surface area contributed by atoms with Crippen molar-refractivity contribution in [2.45, 2.75) is 44.6 Å². The van der Waals surface area contributed by atoms with Crippen LogP contribution in [0.5, 0.6) is 0 Å². The summed E-state index contributed by atoms with van der Waals surface area (Å²) >= 11 is 0. The third-order valence-electron chi connectivity index (χ3n) is 3.68. The van der Waals surface area contributed by atoms with E-state index < -0.39 is 0 Å². The summed E-state index contributed by atoms with van der Waals surface area (Å²) in [6, 6.07) is 0. The topological polar surface area (TPSA) is 50.4 Å². The summed E-state index contributed by atoms with van der Waals surface area (Å²) in [4.78, 5) is 11.5. The molecule has 0 atom stereocenters. The highest BCUT2D eigenvalue weighted by Crippen LogP contribution is 2.20. The molecule has 2 aliphatic rings. The number of carbonyl (C=O) groups is 1. The molecule has 4 nitrogen and oxygen atoms in total. The van der Waals surface area contributed by atoms with Gasteiger partial charge in [0.05, 0.1) is 12.0 Å². The van der Waals surface area contributed by atoms with Gasteiger partial charge in [0.25, 0.3) is 0 Å². The highest BCUT2D eigenvalue weighted by atomic mass is 16.5. The number of hydrogen-bond acceptors (Lipinski definition) is 3. The van der Waals surface area contributed by atoms with Crippen LogP contribution in [0.3, 0.4) is 0 Å². The zero-order chi connectivity index (χ0) is 11.9. The minimum absolute atomic E-state index is 0.196. The molecule has 1 saturated heterocycles. The Kier molecular flexibility index (Phi) is 5.26. The van der Waals surface area contributed by atoms with Crippen LogP contribution in [0, 0.1) is 5.92 Å². The molecule has 1 aliphatic heterocycles. The normalized spacial score (nSPS) is 22.1. The lowest BCUT2D eigenvalue weighted by atomic mass is 9.98. The van der Waals surface area contributed by atoms with Crippen molar-refractivity contribution in [1.82, 2.24) is 10.6 Å². The van der Waals surface area contributed by atoms with Crippen LogP contribution in [0.25, 0.3) is 0 Å². The first-order valence-corrected chi connectivity index (χ1v) is 6.96. The molecule has 0 spiro atoms. The van der Waals surface area contributed by atoms with Gasteiger partial charge in [-0.2, -0.15) is 0 Å². The van der Waals surface area contributed by atoms with Crippen molar-refractivity contribution in [2.24, 2.45) is 5.92 Å². The van der Waals surface area contributed by atoms with Crippen LogP contribution in [0.15, 0.2) is 0 Å². The molecule has 0 aromatic carbocycles. The molecule has 2 fully saturated rings. The monoisotopic (exact) mass is 240 g/mol. The first kappa shape index (κ1) is 12.8. The quantitative estimate of drug-likeness (QED) is 0.683. The van der Waals surface area contributed by atoms with Crippen LogP contribution in [0.1, 0.15) is 38.5 Å². The summed E-state index contributed by atoms with van der Waals surface area (Å²) in [6.07, 6.45) is 7.86. The largest absolute Gasteiger partial charge is 0.378 e. The van der Waals surface area contributed by atoms with E-state index in [1.807, 2.05) is 0 Å². The Morgan fingerprint density at radius 1 is 1.24 bits per heavy atom. The number of amides is 1. The molecular weight excluding hydrogens is 216 g/mol. The van der Waals surface area contributed by atoms with Gasteiger partial charge in [0.15, 0.2) is 0 Å². The molecule has 2 rings (SSSR count). The van der Waals surface area contributed by atoms with Gasteiger partial charge in [0, 0.05) is 26.2 Å². The SMILES string of the molecule is O=C(NCCCOC1CCCCC1)C1CNC1. The second-order valence-electron chi connectivity index (χ2n) is 5.13. The van der Waals surface area contributed by atoms with E-state index in [1.165, 1.54) is 32.1 Å². The van der Waals surface area contributed by atoms with E-state index in [2.05, 4.69) is 10.6 Å². The molecule has 4 heteroatoms. The van der Waals surface area contributed by atoms with Gasteiger partial charge in [-0.25, -0.2) is 0 Å². The summed E-state index contributed by atoms with van der Waals surface area (Å²) in [5, 5.41) is 6.06. The first-order valence-electron chi connectivity index (χ1n) is 6.96. The Bertz CT molecular complexity index is 236. The molecule has 1 amide bonds. The molecule has 98 valence electrons. The summed E-state index contributed by atoms with van der Waals surface area (Å²) in [7, 11) is 0. The lowest BCUT2D eigenvalue weighted by Gasteiger charge is -2.26. The van der Waals surface area contributed by atoms with Crippen molar-refractivity contribution in [3.63, 3.8) is 0 Å². The summed E-state index contributed by atoms with van der Waals surface area (Å²) in [5.74, 6) is 0.399. The van der Waals surface area contributed by atoms with Crippen LogP contribution in [-0.4, -0.2) is 38.3 Å². The Hall–Kier alpha value is -0.610. The fourth-order valence-corrected chi connectivity index (χ4v) is 2.38. The molecule has 2 N–H and O–H groups in total. The van der Waals surface area contributed by atoms with Crippen LogP contribution in [0.2, 0.25) is 0 Å². The molecule has 1 heterocycles. The Labute approximate surface area is 103 Å². The Morgan fingerprint density at radius 3 is 2.65 bits per heavy atom. The van der Waals surface area contributed by atoms with Gasteiger partial charge in [-0.1, -0.05) is 19.3 Å². The molecule has 0 aromatic rings. The maximum absolute atomic E-state index is 11.5. The van der Waals surface area contributed by atoms with E-state index in [0.717, 1.165) is 32.7 Å². The fourth-order valence-electron chi connectivity index (χ4n) is 2.38. The molecule has 0 bridgehead atoms. The van der Waals surface area contributed by atoms with Gasteiger partial charge in [0.2, 0.25) is 5.91 Å². The van der Waals surface area contributed by atoms with Crippen molar-refractivity contribution < 1.29 is 9.53 Å². The predicted octanol–water partition coefficient (Wildman–Crippen LogP) is 1.06. The van der Waals surface area contributed by atoms with Crippen molar-refractivity contribution in [3.05, 3.63) is 0 Å². The zero-order valence-electron chi connectivity index (χ0n) is 10.5. The molecule has 1 aliphatic carbocycles. The van der Waals surface area contributed by atoms with Crippen molar-refractivity contribution >= 4 is 5.91 Å². The van der Waals surface area contributed by atoms with E-state index in [-0.39, 0.29) is 11.8 Å². The van der Waals surface area contributed by atoms with Gasteiger partial charge in [-0.3, -0.25) is 4.79 Å². The number of hydrogen-bond donors (Lipinski definition) is 2. The number of ether oxygens (including phenoxy) is 1. The third kappa shape index (κ3) is 4.28. The number of carbonyl (C=O) groups excluding carboxylic acids is 1. The minimum Gasteiger partial charge on any atom is -0.378 e. The molecule has 0 unspecified atom stereocenters. The van der Waals surface area contributed by atoms with Crippen molar-refractivity contribution in [3.8, 4) is 0 Å². The highest BCUT2D eigenvalue weighted by molar-refractivity contribution is 5.79. The maximum atomic E-state index is 11.5. The van der Waals surface area contributed by atoms with E-state index in [4.69, 9.17) is 4.74 Å². The van der Waals surface area contributed by atoms with E-state index in [0.29, 0.717) is 6.10 Å². The third-order valence-corrected chi connectivity index (χ3v) is 3.68. The smallest absolute Gasteiger partial charge is 0.225 e. The standard InChI is InChI=1S/C13H24N2O2/c16-13(11-9-14-10-11)15-7-4-8-17-12-5-2-1-3-6-12/h11-12,14H,1-10H2,(H,15,16). The van der Waals surface area contributed by atoms with Gasteiger partial charge in [-0.15, -0.1) is 0 Å². The molecule has 0 aromatic heterocycles. The Balaban J connectivity index is 1.44. The average molecular weight is 240 g/mol. The van der Waals surface area contributed by atoms with Gasteiger partial charge < -0.3 is 15.4 Å². The maximum Gasteiger partial charge on any atom is 0.225 e. The summed E-state index contributed by atoms with van der Waals surface area (Å²) in [5.41, 5.74) is 0. The Morgan fingerprint density at radius 2 is 2.00 bits per heavy atom. The highest BCUT2D eigenvalue weighted by Gasteiger charge is 2.24. The van der Waals surface area contributed by atoms with E-state index >= 15 is 0 Å². The summed E-state index contributed by atoms with van der Waals surface area (Å²) < 4.78 is 5.80. The lowest BCUT2D eigenvalue weighted by Crippen LogP contribution is -2.50. The molecule has 0 radical (unpaired) electrons. The van der Waals surface area contributed by atoms with Crippen molar-refractivity contribution in [2.75, 3.05) is 26.2 Å². The first-order chi connectivity index (χ1) is 8.36. The van der Waals surface area contributed by atoms with Crippen molar-refractivity contribution in [1.29, 1.82) is 0 Å². The lowest BCUT2D eigenvalue weighted by molar-refractivity contribution is -0.126. The van der Waals surface area contributed by atoms with Gasteiger partial charge in [-0.05, 0) is 19.3 Å².